The van der Waals surface area contributed by atoms with Crippen LogP contribution in [0.5, 0.6) is 0 Å². The van der Waals surface area contributed by atoms with Gasteiger partial charge in [0, 0.05) is 12.6 Å². The molecule has 1 fully saturated rings. The van der Waals surface area contributed by atoms with Crippen LogP contribution < -0.4 is 0 Å². The second-order valence-corrected chi connectivity index (χ2v) is 3.70. The zero-order chi connectivity index (χ0) is 9.68. The molecule has 3 heteroatoms. The number of likely N-dealkylation sites (tertiary alicyclic amines) is 1. The van der Waals surface area contributed by atoms with E-state index >= 15 is 0 Å². The van der Waals surface area contributed by atoms with Crippen LogP contribution >= 0.6 is 0 Å². The van der Waals surface area contributed by atoms with Gasteiger partial charge in [0.15, 0.2) is 0 Å². The van der Waals surface area contributed by atoms with Gasteiger partial charge in [0.2, 0.25) is 0 Å². The molecule has 13 heavy (non-hydrogen) atoms. The molecule has 1 aliphatic heterocycles. The van der Waals surface area contributed by atoms with Crippen molar-refractivity contribution >= 4 is 0 Å². The molecule has 74 valence electrons. The molecule has 1 rings (SSSR count). The van der Waals surface area contributed by atoms with Crippen LogP contribution in [-0.2, 0) is 0 Å². The van der Waals surface area contributed by atoms with E-state index in [9.17, 15) is 0 Å². The van der Waals surface area contributed by atoms with E-state index in [2.05, 4.69) is 11.0 Å². The van der Waals surface area contributed by atoms with Gasteiger partial charge in [-0.15, -0.1) is 0 Å². The smallest absolute Gasteiger partial charge is 0.0951 e. The lowest BCUT2D eigenvalue weighted by Crippen LogP contribution is -2.36. The maximum atomic E-state index is 8.80. The van der Waals surface area contributed by atoms with E-state index in [4.69, 9.17) is 10.4 Å². The molecule has 1 N–H and O–H groups in total. The van der Waals surface area contributed by atoms with E-state index in [-0.39, 0.29) is 12.6 Å². The quantitative estimate of drug-likeness (QED) is 0.709. The maximum absolute atomic E-state index is 8.80. The Kier molecular flexibility index (Phi) is 4.20. The number of hydrogen-bond donors (Lipinski definition) is 1. The fourth-order valence-corrected chi connectivity index (χ4v) is 2.08. The minimum absolute atomic E-state index is 0.0335. The SMILES string of the molecule is CC(C#N)N1CCCC1CCCO. The Balaban J connectivity index is 2.40. The number of nitriles is 1. The van der Waals surface area contributed by atoms with Gasteiger partial charge in [-0.3, -0.25) is 4.90 Å². The minimum atomic E-state index is 0.0335. The molecular formula is C10H18N2O. The third kappa shape index (κ3) is 2.68. The van der Waals surface area contributed by atoms with Crippen LogP contribution in [-0.4, -0.2) is 35.2 Å². The van der Waals surface area contributed by atoms with E-state index < -0.39 is 0 Å². The first-order valence-corrected chi connectivity index (χ1v) is 5.05. The monoisotopic (exact) mass is 182 g/mol. The van der Waals surface area contributed by atoms with Gasteiger partial charge in [0.05, 0.1) is 12.1 Å². The van der Waals surface area contributed by atoms with E-state index in [1.54, 1.807) is 0 Å². The van der Waals surface area contributed by atoms with Gasteiger partial charge in [0.1, 0.15) is 0 Å². The molecule has 3 nitrogen and oxygen atoms in total. The molecule has 0 amide bonds. The summed E-state index contributed by atoms with van der Waals surface area (Å²) in [5.74, 6) is 0. The number of nitrogens with zero attached hydrogens (tertiary/aromatic N) is 2. The summed E-state index contributed by atoms with van der Waals surface area (Å²) in [6.45, 7) is 3.27. The first-order valence-electron chi connectivity index (χ1n) is 5.05. The summed E-state index contributed by atoms with van der Waals surface area (Å²) in [6.07, 6.45) is 4.27. The van der Waals surface area contributed by atoms with Gasteiger partial charge < -0.3 is 5.11 Å². The van der Waals surface area contributed by atoms with E-state index in [1.165, 1.54) is 12.8 Å². The summed E-state index contributed by atoms with van der Waals surface area (Å²) < 4.78 is 0. The van der Waals surface area contributed by atoms with Crippen molar-refractivity contribution in [2.45, 2.75) is 44.7 Å². The van der Waals surface area contributed by atoms with E-state index in [0.717, 1.165) is 19.4 Å². The van der Waals surface area contributed by atoms with Crippen LogP contribution in [0, 0.1) is 11.3 Å². The third-order valence-electron chi connectivity index (χ3n) is 2.80. The fraction of sp³-hybridized carbons (Fsp3) is 0.900. The van der Waals surface area contributed by atoms with Crippen molar-refractivity contribution in [2.24, 2.45) is 0 Å². The lowest BCUT2D eigenvalue weighted by Gasteiger charge is -2.26. The summed E-state index contributed by atoms with van der Waals surface area (Å²) in [7, 11) is 0. The molecule has 0 aliphatic carbocycles. The first kappa shape index (κ1) is 10.5. The predicted molar refractivity (Wildman–Crippen MR) is 51.1 cm³/mol. The Bertz CT molecular complexity index is 188. The second-order valence-electron chi connectivity index (χ2n) is 3.70. The molecule has 0 saturated carbocycles. The van der Waals surface area contributed by atoms with Crippen LogP contribution in [0.2, 0.25) is 0 Å². The van der Waals surface area contributed by atoms with Gasteiger partial charge >= 0.3 is 0 Å². The van der Waals surface area contributed by atoms with Crippen molar-refractivity contribution < 1.29 is 5.11 Å². The van der Waals surface area contributed by atoms with Crippen molar-refractivity contribution in [2.75, 3.05) is 13.2 Å². The minimum Gasteiger partial charge on any atom is -0.396 e. The van der Waals surface area contributed by atoms with Crippen LogP contribution in [0.15, 0.2) is 0 Å². The van der Waals surface area contributed by atoms with Crippen LogP contribution in [0.3, 0.4) is 0 Å². The fourth-order valence-electron chi connectivity index (χ4n) is 2.08. The molecule has 0 aromatic carbocycles. The summed E-state index contributed by atoms with van der Waals surface area (Å²) in [6, 6.07) is 2.84. The Labute approximate surface area is 80.0 Å². The van der Waals surface area contributed by atoms with Crippen molar-refractivity contribution in [1.29, 1.82) is 5.26 Å². The molecule has 0 aromatic rings. The molecule has 0 radical (unpaired) electrons. The number of aliphatic hydroxyl groups is 1. The van der Waals surface area contributed by atoms with Crippen molar-refractivity contribution in [1.82, 2.24) is 4.90 Å². The Morgan fingerprint density at radius 3 is 3.08 bits per heavy atom. The molecule has 0 bridgehead atoms. The average molecular weight is 182 g/mol. The van der Waals surface area contributed by atoms with E-state index in [1.807, 2.05) is 6.92 Å². The van der Waals surface area contributed by atoms with Gasteiger partial charge in [-0.2, -0.15) is 5.26 Å². The van der Waals surface area contributed by atoms with Gasteiger partial charge in [-0.1, -0.05) is 0 Å². The predicted octanol–water partition coefficient (Wildman–Crippen LogP) is 1.14. The number of hydrogen-bond acceptors (Lipinski definition) is 3. The topological polar surface area (TPSA) is 47.3 Å². The van der Waals surface area contributed by atoms with Gasteiger partial charge in [0.25, 0.3) is 0 Å². The Morgan fingerprint density at radius 1 is 1.69 bits per heavy atom. The molecule has 2 atom stereocenters. The summed E-state index contributed by atoms with van der Waals surface area (Å²) >= 11 is 0. The normalized spacial score (nSPS) is 25.8. The van der Waals surface area contributed by atoms with Crippen molar-refractivity contribution in [3.05, 3.63) is 0 Å². The van der Waals surface area contributed by atoms with Crippen LogP contribution in [0.1, 0.15) is 32.6 Å². The molecule has 0 aromatic heterocycles. The number of aliphatic hydroxyl groups excluding tert-OH is 1. The zero-order valence-corrected chi connectivity index (χ0v) is 8.24. The summed E-state index contributed by atoms with van der Waals surface area (Å²) in [5, 5.41) is 17.5. The molecule has 1 saturated heterocycles. The molecule has 1 aliphatic rings. The Morgan fingerprint density at radius 2 is 2.46 bits per heavy atom. The first-order chi connectivity index (χ1) is 6.29. The lowest BCUT2D eigenvalue weighted by atomic mass is 10.1. The highest BCUT2D eigenvalue weighted by atomic mass is 16.2. The van der Waals surface area contributed by atoms with Gasteiger partial charge in [-0.25, -0.2) is 0 Å². The lowest BCUT2D eigenvalue weighted by molar-refractivity contribution is 0.198. The molecule has 0 spiro atoms. The van der Waals surface area contributed by atoms with E-state index in [0.29, 0.717) is 6.04 Å². The maximum Gasteiger partial charge on any atom is 0.0951 e. The van der Waals surface area contributed by atoms with Crippen LogP contribution in [0.4, 0.5) is 0 Å². The second kappa shape index (κ2) is 5.21. The summed E-state index contributed by atoms with van der Waals surface area (Å²) in [5.41, 5.74) is 0. The number of rotatable bonds is 4. The zero-order valence-electron chi connectivity index (χ0n) is 8.24. The highest BCUT2D eigenvalue weighted by molar-refractivity contribution is 4.93. The summed E-state index contributed by atoms with van der Waals surface area (Å²) in [4.78, 5) is 2.26. The highest BCUT2D eigenvalue weighted by Gasteiger charge is 2.27. The Hall–Kier alpha value is -0.590. The van der Waals surface area contributed by atoms with Crippen molar-refractivity contribution in [3.63, 3.8) is 0 Å². The average Bonchev–Trinajstić information content (AvgIpc) is 2.61. The highest BCUT2D eigenvalue weighted by Crippen LogP contribution is 2.23. The molecule has 2 unspecified atom stereocenters. The molecule has 1 heterocycles. The standard InChI is InChI=1S/C10H18N2O/c1-9(8-11)12-6-2-4-10(12)5-3-7-13/h9-10,13H,2-7H2,1H3. The van der Waals surface area contributed by atoms with Gasteiger partial charge in [-0.05, 0) is 39.2 Å². The third-order valence-corrected chi connectivity index (χ3v) is 2.80. The largest absolute Gasteiger partial charge is 0.396 e. The van der Waals surface area contributed by atoms with Crippen LogP contribution in [0.25, 0.3) is 0 Å². The molecular weight excluding hydrogens is 164 g/mol. The van der Waals surface area contributed by atoms with Crippen molar-refractivity contribution in [3.8, 4) is 6.07 Å².